The maximum atomic E-state index is 10.2. The number of carbonyl (C=O) groups is 1. The molecule has 3 nitrogen and oxygen atoms in total. The average Bonchev–Trinajstić information content (AvgIpc) is 1.83. The lowest BCUT2D eigenvalue weighted by atomic mass is 10.5. The van der Waals surface area contributed by atoms with Gasteiger partial charge in [-0.1, -0.05) is 6.92 Å². The topological polar surface area (TPSA) is 46.5 Å². The molecule has 1 N–H and O–H groups in total. The second kappa shape index (κ2) is 4.59. The van der Waals surface area contributed by atoms with Crippen molar-refractivity contribution in [2.45, 2.75) is 13.3 Å². The Morgan fingerprint density at radius 1 is 1.75 bits per heavy atom. The van der Waals surface area contributed by atoms with E-state index in [-0.39, 0.29) is 19.2 Å². The molecule has 0 saturated carbocycles. The van der Waals surface area contributed by atoms with Gasteiger partial charge < -0.3 is 9.84 Å². The lowest BCUT2D eigenvalue weighted by Crippen LogP contribution is -2.06. The molecule has 0 saturated heterocycles. The monoisotopic (exact) mass is 118 g/mol. The summed E-state index contributed by atoms with van der Waals surface area (Å²) in [6.45, 7) is 1.73. The highest BCUT2D eigenvalue weighted by molar-refractivity contribution is 5.68. The van der Waals surface area contributed by atoms with Crippen LogP contribution in [0.25, 0.3) is 0 Å². The van der Waals surface area contributed by atoms with Gasteiger partial charge >= 0.3 is 5.97 Å². The Kier molecular flexibility index (Phi) is 4.26. The Balaban J connectivity index is 2.99. The van der Waals surface area contributed by atoms with Gasteiger partial charge in [-0.3, -0.25) is 4.79 Å². The summed E-state index contributed by atoms with van der Waals surface area (Å²) in [7, 11) is 0. The van der Waals surface area contributed by atoms with Crippen molar-refractivity contribution >= 4 is 5.97 Å². The number of aliphatic hydroxyl groups excluding tert-OH is 1. The first-order valence-electron chi connectivity index (χ1n) is 2.57. The van der Waals surface area contributed by atoms with Crippen LogP contribution in [-0.4, -0.2) is 24.3 Å². The van der Waals surface area contributed by atoms with E-state index < -0.39 is 0 Å². The fourth-order valence-electron chi connectivity index (χ4n) is 0.262. The summed E-state index contributed by atoms with van der Waals surface area (Å²) in [5, 5.41) is 8.13. The fraction of sp³-hybridized carbons (Fsp3) is 0.800. The van der Waals surface area contributed by atoms with Crippen LogP contribution in [-0.2, 0) is 9.53 Å². The fourth-order valence-corrected chi connectivity index (χ4v) is 0.262. The van der Waals surface area contributed by atoms with Crippen LogP contribution in [0.15, 0.2) is 0 Å². The van der Waals surface area contributed by atoms with E-state index >= 15 is 0 Å². The molecule has 0 rings (SSSR count). The normalized spacial score (nSPS) is 8.75. The van der Waals surface area contributed by atoms with E-state index in [4.69, 9.17) is 5.11 Å². The molecule has 0 aromatic rings. The van der Waals surface area contributed by atoms with Crippen molar-refractivity contribution in [1.82, 2.24) is 0 Å². The van der Waals surface area contributed by atoms with Crippen molar-refractivity contribution in [2.24, 2.45) is 0 Å². The zero-order valence-corrected chi connectivity index (χ0v) is 4.89. The number of hydrogen-bond acceptors (Lipinski definition) is 3. The number of esters is 1. The molecule has 0 atom stereocenters. The first-order chi connectivity index (χ1) is 3.81. The zero-order valence-electron chi connectivity index (χ0n) is 4.89. The maximum Gasteiger partial charge on any atom is 0.305 e. The van der Waals surface area contributed by atoms with Gasteiger partial charge in [-0.25, -0.2) is 0 Å². The quantitative estimate of drug-likeness (QED) is 0.528. The minimum atomic E-state index is -0.265. The predicted octanol–water partition coefficient (Wildman–Crippen LogP) is -0.0681. The summed E-state index contributed by atoms with van der Waals surface area (Å²) in [4.78, 5) is 10.2. The van der Waals surface area contributed by atoms with Crippen LogP contribution in [0.5, 0.6) is 0 Å². The summed E-state index contributed by atoms with van der Waals surface area (Å²) in [5.41, 5.74) is 0. The second-order valence-corrected chi connectivity index (χ2v) is 1.30. The van der Waals surface area contributed by atoms with Crippen LogP contribution in [0, 0.1) is 0 Å². The molecule has 0 heterocycles. The summed E-state index contributed by atoms with van der Waals surface area (Å²) in [5.74, 6) is -0.265. The van der Waals surface area contributed by atoms with Gasteiger partial charge in [0.25, 0.3) is 0 Å². The number of hydrogen-bond donors (Lipinski definition) is 1. The molecule has 0 radical (unpaired) electrons. The van der Waals surface area contributed by atoms with Crippen molar-refractivity contribution in [3.05, 3.63) is 0 Å². The zero-order chi connectivity index (χ0) is 6.41. The number of ether oxygens (including phenoxy) is 1. The third-order valence-corrected chi connectivity index (χ3v) is 0.643. The summed E-state index contributed by atoms with van der Waals surface area (Å²) < 4.78 is 4.45. The third kappa shape index (κ3) is 3.61. The number of aliphatic hydroxyl groups is 1. The summed E-state index contributed by atoms with van der Waals surface area (Å²) in [6, 6.07) is 0. The standard InChI is InChI=1S/C5H10O3/c1-2-5(7)8-4-3-6/h6H,2-4H2,1H3. The molecule has 0 aliphatic carbocycles. The van der Waals surface area contributed by atoms with Crippen molar-refractivity contribution in [3.63, 3.8) is 0 Å². The van der Waals surface area contributed by atoms with E-state index in [1.165, 1.54) is 0 Å². The van der Waals surface area contributed by atoms with Crippen molar-refractivity contribution in [2.75, 3.05) is 13.2 Å². The van der Waals surface area contributed by atoms with E-state index in [2.05, 4.69) is 4.74 Å². The van der Waals surface area contributed by atoms with E-state index in [0.29, 0.717) is 6.42 Å². The highest BCUT2D eigenvalue weighted by Crippen LogP contribution is 1.81. The van der Waals surface area contributed by atoms with Crippen LogP contribution < -0.4 is 0 Å². The molecule has 0 aliphatic rings. The van der Waals surface area contributed by atoms with Crippen LogP contribution >= 0.6 is 0 Å². The number of rotatable bonds is 3. The molecule has 3 heteroatoms. The minimum absolute atomic E-state index is 0.0915. The molecule has 0 bridgehead atoms. The lowest BCUT2D eigenvalue weighted by molar-refractivity contribution is -0.144. The Hall–Kier alpha value is -0.570. The van der Waals surface area contributed by atoms with Gasteiger partial charge in [-0.15, -0.1) is 0 Å². The molecular weight excluding hydrogens is 108 g/mol. The smallest absolute Gasteiger partial charge is 0.305 e. The lowest BCUT2D eigenvalue weighted by Gasteiger charge is -1.96. The van der Waals surface area contributed by atoms with Crippen LogP contribution in [0.2, 0.25) is 0 Å². The van der Waals surface area contributed by atoms with E-state index in [1.54, 1.807) is 6.92 Å². The Morgan fingerprint density at radius 2 is 2.38 bits per heavy atom. The first-order valence-corrected chi connectivity index (χ1v) is 2.57. The van der Waals surface area contributed by atoms with Crippen LogP contribution in [0.1, 0.15) is 13.3 Å². The van der Waals surface area contributed by atoms with Gasteiger partial charge in [0.1, 0.15) is 6.61 Å². The van der Waals surface area contributed by atoms with Gasteiger partial charge in [0.15, 0.2) is 0 Å². The van der Waals surface area contributed by atoms with E-state index in [0.717, 1.165) is 0 Å². The van der Waals surface area contributed by atoms with Gasteiger partial charge in [0.2, 0.25) is 0 Å². The highest BCUT2D eigenvalue weighted by atomic mass is 16.5. The molecule has 8 heavy (non-hydrogen) atoms. The van der Waals surface area contributed by atoms with Gasteiger partial charge in [0.05, 0.1) is 6.61 Å². The Bertz CT molecular complexity index is 70.1. The summed E-state index contributed by atoms with van der Waals surface area (Å²) >= 11 is 0. The van der Waals surface area contributed by atoms with Crippen LogP contribution in [0.4, 0.5) is 0 Å². The molecule has 0 spiro atoms. The predicted molar refractivity (Wildman–Crippen MR) is 28.3 cm³/mol. The minimum Gasteiger partial charge on any atom is -0.463 e. The molecular formula is C5H10O3. The molecule has 0 aliphatic heterocycles. The first kappa shape index (κ1) is 7.43. The van der Waals surface area contributed by atoms with Gasteiger partial charge in [-0.05, 0) is 0 Å². The van der Waals surface area contributed by atoms with Crippen molar-refractivity contribution < 1.29 is 14.6 Å². The van der Waals surface area contributed by atoms with Gasteiger partial charge in [0, 0.05) is 6.42 Å². The van der Waals surface area contributed by atoms with Crippen molar-refractivity contribution in [1.29, 1.82) is 0 Å². The Morgan fingerprint density at radius 3 is 2.75 bits per heavy atom. The SMILES string of the molecule is CCC(=O)OCCO. The summed E-state index contributed by atoms with van der Waals surface area (Å²) in [6.07, 6.45) is 0.375. The molecule has 0 aromatic heterocycles. The Labute approximate surface area is 48.3 Å². The third-order valence-electron chi connectivity index (χ3n) is 0.643. The van der Waals surface area contributed by atoms with Gasteiger partial charge in [-0.2, -0.15) is 0 Å². The van der Waals surface area contributed by atoms with E-state index in [1.807, 2.05) is 0 Å². The molecule has 0 aromatic carbocycles. The molecule has 0 amide bonds. The molecule has 48 valence electrons. The molecule has 0 fully saturated rings. The van der Waals surface area contributed by atoms with E-state index in [9.17, 15) is 4.79 Å². The molecule has 0 unspecified atom stereocenters. The largest absolute Gasteiger partial charge is 0.463 e. The average molecular weight is 118 g/mol. The highest BCUT2D eigenvalue weighted by Gasteiger charge is 1.93. The maximum absolute atomic E-state index is 10.2. The van der Waals surface area contributed by atoms with Crippen molar-refractivity contribution in [3.8, 4) is 0 Å². The second-order valence-electron chi connectivity index (χ2n) is 1.30. The van der Waals surface area contributed by atoms with Crippen LogP contribution in [0.3, 0.4) is 0 Å². The number of carbonyl (C=O) groups excluding carboxylic acids is 1.